The van der Waals surface area contributed by atoms with Crippen LogP contribution in [0, 0.1) is 5.92 Å². The Balaban J connectivity index is 2.13. The number of aliphatic carboxylic acids is 1. The molecule has 0 saturated carbocycles. The largest absolute Gasteiger partial charge is 0.480 e. The molecule has 1 unspecified atom stereocenters. The Kier molecular flexibility index (Phi) is 6.34. The van der Waals surface area contributed by atoms with Crippen LogP contribution >= 0.6 is 0 Å². The summed E-state index contributed by atoms with van der Waals surface area (Å²) in [6.07, 6.45) is 3.77. The molecule has 1 aliphatic rings. The van der Waals surface area contributed by atoms with Gasteiger partial charge < -0.3 is 5.11 Å². The van der Waals surface area contributed by atoms with Crippen LogP contribution in [0.15, 0.2) is 30.3 Å². The highest BCUT2D eigenvalue weighted by Crippen LogP contribution is 2.29. The van der Waals surface area contributed by atoms with Gasteiger partial charge in [0, 0.05) is 13.0 Å². The molecule has 1 fully saturated rings. The van der Waals surface area contributed by atoms with Crippen LogP contribution in [-0.2, 0) is 16.1 Å². The minimum atomic E-state index is -0.821. The Labute approximate surface area is 138 Å². The topological polar surface area (TPSA) is 57.6 Å². The van der Waals surface area contributed by atoms with Crippen LogP contribution in [0.2, 0.25) is 0 Å². The van der Waals surface area contributed by atoms with Crippen LogP contribution in [0.3, 0.4) is 0 Å². The quantitative estimate of drug-likeness (QED) is 0.797. The van der Waals surface area contributed by atoms with Gasteiger partial charge in [-0.05, 0) is 24.3 Å². The van der Waals surface area contributed by atoms with E-state index in [1.165, 1.54) is 0 Å². The van der Waals surface area contributed by atoms with E-state index in [0.717, 1.165) is 18.4 Å². The van der Waals surface area contributed by atoms with Gasteiger partial charge in [0.05, 0.1) is 6.04 Å². The average Bonchev–Trinajstić information content (AvgIpc) is 2.97. The summed E-state index contributed by atoms with van der Waals surface area (Å²) < 4.78 is 0. The fourth-order valence-electron chi connectivity index (χ4n) is 3.49. The zero-order valence-corrected chi connectivity index (χ0v) is 14.1. The molecule has 1 saturated heterocycles. The third-order valence-electron chi connectivity index (χ3n) is 5.02. The average molecular weight is 317 g/mol. The van der Waals surface area contributed by atoms with Crippen molar-refractivity contribution in [2.45, 2.75) is 64.6 Å². The number of likely N-dealkylation sites (tertiary alicyclic amines) is 1. The number of Topliss-reactive ketones (excluding diaryl/α,β-unsaturated/α-hetero) is 1. The van der Waals surface area contributed by atoms with Gasteiger partial charge in [0.1, 0.15) is 11.8 Å². The summed E-state index contributed by atoms with van der Waals surface area (Å²) in [6.45, 7) is 4.74. The molecule has 4 heteroatoms. The highest BCUT2D eigenvalue weighted by atomic mass is 16.4. The Morgan fingerprint density at radius 2 is 1.74 bits per heavy atom. The second kappa shape index (κ2) is 8.25. The van der Waals surface area contributed by atoms with Crippen molar-refractivity contribution in [1.82, 2.24) is 4.90 Å². The van der Waals surface area contributed by atoms with Crippen LogP contribution in [-0.4, -0.2) is 33.8 Å². The van der Waals surface area contributed by atoms with E-state index in [9.17, 15) is 14.7 Å². The highest BCUT2D eigenvalue weighted by Gasteiger charge is 2.41. The van der Waals surface area contributed by atoms with Crippen LogP contribution in [0.1, 0.15) is 51.5 Å². The van der Waals surface area contributed by atoms with E-state index >= 15 is 0 Å². The van der Waals surface area contributed by atoms with Crippen molar-refractivity contribution in [3.05, 3.63) is 35.9 Å². The summed E-state index contributed by atoms with van der Waals surface area (Å²) in [5.41, 5.74) is 1.06. The predicted molar refractivity (Wildman–Crippen MR) is 90.1 cm³/mol. The van der Waals surface area contributed by atoms with Gasteiger partial charge in [0.2, 0.25) is 0 Å². The van der Waals surface area contributed by atoms with E-state index < -0.39 is 12.0 Å². The third-order valence-corrected chi connectivity index (χ3v) is 5.02. The monoisotopic (exact) mass is 317 g/mol. The molecular formula is C19H27NO3. The van der Waals surface area contributed by atoms with E-state index in [1.807, 2.05) is 35.2 Å². The lowest BCUT2D eigenvalue weighted by Crippen LogP contribution is -2.44. The molecule has 1 aromatic carbocycles. The normalized spacial score (nSPS) is 21.7. The number of carbonyl (C=O) groups excluding carboxylic acids is 1. The van der Waals surface area contributed by atoms with Crippen LogP contribution < -0.4 is 0 Å². The molecular weight excluding hydrogens is 290 g/mol. The molecule has 1 aromatic rings. The number of carbonyl (C=O) groups is 2. The summed E-state index contributed by atoms with van der Waals surface area (Å²) in [6, 6.07) is 9.00. The lowest BCUT2D eigenvalue weighted by Gasteiger charge is -2.28. The molecule has 1 aliphatic heterocycles. The first-order chi connectivity index (χ1) is 11.1. The van der Waals surface area contributed by atoms with E-state index in [0.29, 0.717) is 31.7 Å². The summed E-state index contributed by atoms with van der Waals surface area (Å²) in [4.78, 5) is 26.2. The van der Waals surface area contributed by atoms with Gasteiger partial charge in [0.25, 0.3) is 0 Å². The molecule has 1 N–H and O–H groups in total. The van der Waals surface area contributed by atoms with Crippen molar-refractivity contribution in [3.63, 3.8) is 0 Å². The number of hydrogen-bond donors (Lipinski definition) is 1. The Hall–Kier alpha value is -1.68. The van der Waals surface area contributed by atoms with Gasteiger partial charge in [-0.2, -0.15) is 0 Å². The second-order valence-corrected chi connectivity index (χ2v) is 6.46. The fraction of sp³-hybridized carbons (Fsp3) is 0.579. The molecule has 0 amide bonds. The first-order valence-corrected chi connectivity index (χ1v) is 8.62. The van der Waals surface area contributed by atoms with Gasteiger partial charge in [-0.25, -0.2) is 0 Å². The van der Waals surface area contributed by atoms with Gasteiger partial charge in [-0.3, -0.25) is 14.5 Å². The number of hydrogen-bond acceptors (Lipinski definition) is 3. The summed E-state index contributed by atoms with van der Waals surface area (Å²) in [5, 5.41) is 9.48. The maximum absolute atomic E-state index is 12.7. The minimum Gasteiger partial charge on any atom is -0.480 e. The fourth-order valence-corrected chi connectivity index (χ4v) is 3.49. The number of benzene rings is 1. The third kappa shape index (κ3) is 4.41. The standard InChI is InChI=1S/C19H27NO3/c1-3-14(4-2)12-18(21)16-10-11-17(19(22)23)20(16)13-15-8-6-5-7-9-15/h5-9,14,16-17H,3-4,10-13H2,1-2H3,(H,22,23)/t16?,17-/m1/s1. The Bertz CT molecular complexity index is 525. The molecule has 0 aromatic heterocycles. The molecule has 2 rings (SSSR count). The minimum absolute atomic E-state index is 0.207. The first kappa shape index (κ1) is 17.7. The molecule has 0 radical (unpaired) electrons. The van der Waals surface area contributed by atoms with E-state index in [2.05, 4.69) is 13.8 Å². The number of carboxylic acids is 1. The van der Waals surface area contributed by atoms with Gasteiger partial charge in [-0.15, -0.1) is 0 Å². The van der Waals surface area contributed by atoms with Crippen molar-refractivity contribution < 1.29 is 14.7 Å². The maximum atomic E-state index is 12.7. The summed E-state index contributed by atoms with van der Waals surface area (Å²) in [7, 11) is 0. The summed E-state index contributed by atoms with van der Waals surface area (Å²) >= 11 is 0. The lowest BCUT2D eigenvalue weighted by atomic mass is 9.93. The molecule has 0 spiro atoms. The zero-order chi connectivity index (χ0) is 16.8. The number of ketones is 1. The Morgan fingerprint density at radius 3 is 2.30 bits per heavy atom. The highest BCUT2D eigenvalue weighted by molar-refractivity contribution is 5.86. The smallest absolute Gasteiger partial charge is 0.320 e. The van der Waals surface area contributed by atoms with Crippen LogP contribution in [0.4, 0.5) is 0 Å². The maximum Gasteiger partial charge on any atom is 0.320 e. The molecule has 0 aliphatic carbocycles. The van der Waals surface area contributed by atoms with Crippen LogP contribution in [0.5, 0.6) is 0 Å². The first-order valence-electron chi connectivity index (χ1n) is 8.62. The van der Waals surface area contributed by atoms with E-state index in [4.69, 9.17) is 0 Å². The van der Waals surface area contributed by atoms with Crippen molar-refractivity contribution in [2.24, 2.45) is 5.92 Å². The number of nitrogens with zero attached hydrogens (tertiary/aromatic N) is 1. The van der Waals surface area contributed by atoms with E-state index in [1.54, 1.807) is 0 Å². The SMILES string of the molecule is CCC(CC)CC(=O)C1CC[C@H](C(=O)O)N1Cc1ccccc1. The lowest BCUT2D eigenvalue weighted by molar-refractivity contribution is -0.143. The molecule has 0 bridgehead atoms. The summed E-state index contributed by atoms with van der Waals surface area (Å²) in [5.74, 6) is -0.206. The van der Waals surface area contributed by atoms with Crippen molar-refractivity contribution in [2.75, 3.05) is 0 Å². The van der Waals surface area contributed by atoms with E-state index in [-0.39, 0.29) is 11.8 Å². The molecule has 126 valence electrons. The number of carboxylic acid groups (broad SMARTS) is 1. The van der Waals surface area contributed by atoms with Crippen molar-refractivity contribution in [3.8, 4) is 0 Å². The van der Waals surface area contributed by atoms with Crippen molar-refractivity contribution in [1.29, 1.82) is 0 Å². The van der Waals surface area contributed by atoms with Crippen molar-refractivity contribution >= 4 is 11.8 Å². The Morgan fingerprint density at radius 1 is 1.13 bits per heavy atom. The molecule has 1 heterocycles. The van der Waals surface area contributed by atoms with Gasteiger partial charge in [0.15, 0.2) is 0 Å². The van der Waals surface area contributed by atoms with Crippen LogP contribution in [0.25, 0.3) is 0 Å². The molecule has 4 nitrogen and oxygen atoms in total. The molecule has 23 heavy (non-hydrogen) atoms. The van der Waals surface area contributed by atoms with Gasteiger partial charge in [-0.1, -0.05) is 57.0 Å². The molecule has 2 atom stereocenters. The van der Waals surface area contributed by atoms with Gasteiger partial charge >= 0.3 is 5.97 Å². The second-order valence-electron chi connectivity index (χ2n) is 6.46. The number of rotatable bonds is 8. The zero-order valence-electron chi connectivity index (χ0n) is 14.1. The predicted octanol–water partition coefficient (Wildman–Crippen LogP) is 3.50.